The molecule has 4 nitrogen and oxygen atoms in total. The summed E-state index contributed by atoms with van der Waals surface area (Å²) in [6, 6.07) is 14.9. The number of carbonyl (C=O) groups is 1. The summed E-state index contributed by atoms with van der Waals surface area (Å²) in [7, 11) is 0. The summed E-state index contributed by atoms with van der Waals surface area (Å²) >= 11 is 1.57. The number of ether oxygens (including phenoxy) is 1. The van der Waals surface area contributed by atoms with Crippen LogP contribution in [0.5, 0.6) is 5.75 Å². The van der Waals surface area contributed by atoms with E-state index < -0.39 is 0 Å². The number of fused-ring (bicyclic) bond motifs is 1. The number of amides is 1. The lowest BCUT2D eigenvalue weighted by molar-refractivity contribution is -0.118. The van der Waals surface area contributed by atoms with E-state index in [2.05, 4.69) is 10.3 Å². The highest BCUT2D eigenvalue weighted by atomic mass is 32.1. The molecule has 0 atom stereocenters. The first-order chi connectivity index (χ1) is 9.81. The molecule has 0 aliphatic rings. The van der Waals surface area contributed by atoms with Gasteiger partial charge in [-0.1, -0.05) is 18.2 Å². The van der Waals surface area contributed by atoms with Gasteiger partial charge in [-0.05, 0) is 30.3 Å². The maximum absolute atomic E-state index is 11.8. The van der Waals surface area contributed by atoms with E-state index in [1.54, 1.807) is 16.8 Å². The summed E-state index contributed by atoms with van der Waals surface area (Å²) in [6.07, 6.45) is 0. The third kappa shape index (κ3) is 2.95. The summed E-state index contributed by atoms with van der Waals surface area (Å²) in [6.45, 7) is -0.0148. The monoisotopic (exact) mass is 284 g/mol. The highest BCUT2D eigenvalue weighted by Gasteiger charge is 2.05. The number of hydrogen-bond donors (Lipinski definition) is 1. The second-order valence-electron chi connectivity index (χ2n) is 4.18. The Morgan fingerprint density at radius 1 is 1.20 bits per heavy atom. The van der Waals surface area contributed by atoms with Crippen molar-refractivity contribution >= 4 is 33.1 Å². The van der Waals surface area contributed by atoms with Crippen molar-refractivity contribution in [3.05, 3.63) is 54.0 Å². The summed E-state index contributed by atoms with van der Waals surface area (Å²) in [4.78, 5) is 16.0. The van der Waals surface area contributed by atoms with Gasteiger partial charge >= 0.3 is 0 Å². The minimum atomic E-state index is -0.191. The van der Waals surface area contributed by atoms with Crippen molar-refractivity contribution in [2.24, 2.45) is 0 Å². The van der Waals surface area contributed by atoms with Gasteiger partial charge in [-0.25, -0.2) is 4.98 Å². The molecule has 3 rings (SSSR count). The molecule has 0 aliphatic carbocycles. The lowest BCUT2D eigenvalue weighted by atomic mass is 10.3. The van der Waals surface area contributed by atoms with Crippen LogP contribution in [-0.2, 0) is 4.79 Å². The summed E-state index contributed by atoms with van der Waals surface area (Å²) in [5.41, 5.74) is 3.40. The van der Waals surface area contributed by atoms with Crippen molar-refractivity contribution in [3.8, 4) is 5.75 Å². The Morgan fingerprint density at radius 3 is 2.90 bits per heavy atom. The molecule has 1 N–H and O–H groups in total. The van der Waals surface area contributed by atoms with Crippen LogP contribution < -0.4 is 10.1 Å². The number of carbonyl (C=O) groups excluding carboxylic acids is 1. The highest BCUT2D eigenvalue weighted by molar-refractivity contribution is 7.16. The third-order valence-electron chi connectivity index (χ3n) is 2.73. The molecule has 100 valence electrons. The number of nitrogens with zero attached hydrogens (tertiary/aromatic N) is 1. The SMILES string of the molecule is O=C(COc1ccccc1)Nc1ccc2scnc2c1. The van der Waals surface area contributed by atoms with E-state index >= 15 is 0 Å². The zero-order valence-electron chi connectivity index (χ0n) is 10.6. The number of rotatable bonds is 4. The minimum absolute atomic E-state index is 0.0148. The van der Waals surface area contributed by atoms with Crippen LogP contribution in [0.3, 0.4) is 0 Å². The number of nitrogens with one attached hydrogen (secondary N) is 1. The fourth-order valence-electron chi connectivity index (χ4n) is 1.80. The lowest BCUT2D eigenvalue weighted by Gasteiger charge is -2.07. The molecule has 1 aromatic heterocycles. The number of thiazole rings is 1. The van der Waals surface area contributed by atoms with Gasteiger partial charge in [0.25, 0.3) is 5.91 Å². The maximum atomic E-state index is 11.8. The molecule has 0 radical (unpaired) electrons. The van der Waals surface area contributed by atoms with E-state index in [0.717, 1.165) is 15.9 Å². The van der Waals surface area contributed by atoms with Crippen molar-refractivity contribution in [2.45, 2.75) is 0 Å². The van der Waals surface area contributed by atoms with Crippen molar-refractivity contribution < 1.29 is 9.53 Å². The van der Waals surface area contributed by atoms with Crippen molar-refractivity contribution in [2.75, 3.05) is 11.9 Å². The van der Waals surface area contributed by atoms with E-state index in [-0.39, 0.29) is 12.5 Å². The molecule has 0 saturated heterocycles. The third-order valence-corrected chi connectivity index (χ3v) is 3.54. The second-order valence-corrected chi connectivity index (χ2v) is 5.07. The largest absolute Gasteiger partial charge is 0.484 e. The smallest absolute Gasteiger partial charge is 0.262 e. The van der Waals surface area contributed by atoms with Crippen LogP contribution in [0.15, 0.2) is 54.0 Å². The molecule has 0 spiro atoms. The average molecular weight is 284 g/mol. The van der Waals surface area contributed by atoms with Crippen LogP contribution in [0.1, 0.15) is 0 Å². The Morgan fingerprint density at radius 2 is 2.05 bits per heavy atom. The van der Waals surface area contributed by atoms with Gasteiger partial charge in [0.2, 0.25) is 0 Å². The molecule has 5 heteroatoms. The summed E-state index contributed by atoms with van der Waals surface area (Å²) < 4.78 is 6.49. The first-order valence-electron chi connectivity index (χ1n) is 6.12. The molecule has 2 aromatic carbocycles. The Kier molecular flexibility index (Phi) is 3.60. The number of hydrogen-bond acceptors (Lipinski definition) is 4. The number of anilines is 1. The zero-order chi connectivity index (χ0) is 13.8. The van der Waals surface area contributed by atoms with Crippen molar-refractivity contribution in [3.63, 3.8) is 0 Å². The number of benzene rings is 2. The fraction of sp³-hybridized carbons (Fsp3) is 0.0667. The molecule has 1 amide bonds. The molecular weight excluding hydrogens is 272 g/mol. The van der Waals surface area contributed by atoms with Crippen LogP contribution in [0, 0.1) is 0 Å². The average Bonchev–Trinajstić information content (AvgIpc) is 2.94. The molecule has 1 heterocycles. The van der Waals surface area contributed by atoms with Crippen LogP contribution in [0.2, 0.25) is 0 Å². The standard InChI is InChI=1S/C15H12N2O2S/c18-15(9-19-12-4-2-1-3-5-12)17-11-6-7-14-13(8-11)16-10-20-14/h1-8,10H,9H2,(H,17,18). The Bertz CT molecular complexity index is 725. The molecule has 0 saturated carbocycles. The first-order valence-corrected chi connectivity index (χ1v) is 7.00. The van der Waals surface area contributed by atoms with Crippen LogP contribution in [0.4, 0.5) is 5.69 Å². The quantitative estimate of drug-likeness (QED) is 0.799. The van der Waals surface area contributed by atoms with Gasteiger partial charge in [-0.15, -0.1) is 11.3 Å². The normalized spacial score (nSPS) is 10.4. The van der Waals surface area contributed by atoms with Gasteiger partial charge in [0, 0.05) is 5.69 Å². The van der Waals surface area contributed by atoms with Gasteiger partial charge in [0.1, 0.15) is 5.75 Å². The first kappa shape index (κ1) is 12.6. The van der Waals surface area contributed by atoms with Gasteiger partial charge < -0.3 is 10.1 Å². The molecule has 20 heavy (non-hydrogen) atoms. The maximum Gasteiger partial charge on any atom is 0.262 e. The minimum Gasteiger partial charge on any atom is -0.484 e. The predicted octanol–water partition coefficient (Wildman–Crippen LogP) is 3.31. The molecule has 0 unspecified atom stereocenters. The van der Waals surface area contributed by atoms with Gasteiger partial charge in [0.05, 0.1) is 15.7 Å². The van der Waals surface area contributed by atoms with Crippen LogP contribution in [-0.4, -0.2) is 17.5 Å². The van der Waals surface area contributed by atoms with Crippen molar-refractivity contribution in [1.29, 1.82) is 0 Å². The number of para-hydroxylation sites is 1. The Labute approximate surface area is 120 Å². The van der Waals surface area contributed by atoms with E-state index in [4.69, 9.17) is 4.74 Å². The Hall–Kier alpha value is -2.40. The fourth-order valence-corrected chi connectivity index (χ4v) is 2.46. The van der Waals surface area contributed by atoms with E-state index in [1.165, 1.54) is 0 Å². The summed E-state index contributed by atoms with van der Waals surface area (Å²) in [5, 5.41) is 2.79. The Balaban J connectivity index is 1.61. The van der Waals surface area contributed by atoms with E-state index in [1.807, 2.05) is 48.5 Å². The van der Waals surface area contributed by atoms with Gasteiger partial charge in [0.15, 0.2) is 6.61 Å². The lowest BCUT2D eigenvalue weighted by Crippen LogP contribution is -2.20. The number of aromatic nitrogens is 1. The second kappa shape index (κ2) is 5.71. The molecule has 3 aromatic rings. The van der Waals surface area contributed by atoms with Gasteiger partial charge in [-0.3, -0.25) is 4.79 Å². The topological polar surface area (TPSA) is 51.2 Å². The van der Waals surface area contributed by atoms with Gasteiger partial charge in [-0.2, -0.15) is 0 Å². The van der Waals surface area contributed by atoms with Crippen LogP contribution >= 0.6 is 11.3 Å². The highest BCUT2D eigenvalue weighted by Crippen LogP contribution is 2.21. The van der Waals surface area contributed by atoms with Crippen molar-refractivity contribution in [1.82, 2.24) is 4.98 Å². The van der Waals surface area contributed by atoms with E-state index in [0.29, 0.717) is 5.75 Å². The zero-order valence-corrected chi connectivity index (χ0v) is 11.4. The molecule has 0 aliphatic heterocycles. The molecule has 0 bridgehead atoms. The van der Waals surface area contributed by atoms with Crippen LogP contribution in [0.25, 0.3) is 10.2 Å². The molecular formula is C15H12N2O2S. The van der Waals surface area contributed by atoms with E-state index in [9.17, 15) is 4.79 Å². The summed E-state index contributed by atoms with van der Waals surface area (Å²) in [5.74, 6) is 0.487. The predicted molar refractivity (Wildman–Crippen MR) is 80.2 cm³/mol. The molecule has 0 fully saturated rings.